The van der Waals surface area contributed by atoms with Crippen LogP contribution in [0, 0.1) is 19.8 Å². The van der Waals surface area contributed by atoms with Gasteiger partial charge in [0.2, 0.25) is 0 Å². The maximum absolute atomic E-state index is 12.2. The summed E-state index contributed by atoms with van der Waals surface area (Å²) in [6.45, 7) is 7.07. The molecule has 5 heteroatoms. The fraction of sp³-hybridized carbons (Fsp3) is 0.500. The minimum Gasteiger partial charge on any atom is -0.480 e. The lowest BCUT2D eigenvalue weighted by Gasteiger charge is -2.17. The van der Waals surface area contributed by atoms with Crippen molar-refractivity contribution in [1.82, 2.24) is 0 Å². The number of hydrogen-bond acceptors (Lipinski definition) is 3. The molecule has 106 valence electrons. The van der Waals surface area contributed by atoms with Crippen LogP contribution in [-0.2, 0) is 20.4 Å². The van der Waals surface area contributed by atoms with Gasteiger partial charge in [0.25, 0.3) is 0 Å². The summed E-state index contributed by atoms with van der Waals surface area (Å²) in [7, 11) is -3.70. The quantitative estimate of drug-likeness (QED) is 0.900. The highest BCUT2D eigenvalue weighted by Gasteiger charge is 2.35. The summed E-state index contributed by atoms with van der Waals surface area (Å²) in [6.07, 6.45) is 0. The molecule has 0 heterocycles. The van der Waals surface area contributed by atoms with Gasteiger partial charge in [0.05, 0.1) is 5.75 Å². The lowest BCUT2D eigenvalue weighted by Crippen LogP contribution is -2.35. The Hall–Kier alpha value is -1.36. The number of carboxylic acid groups (broad SMARTS) is 1. The number of rotatable bonds is 5. The first kappa shape index (κ1) is 15.7. The highest BCUT2D eigenvalue weighted by Crippen LogP contribution is 2.19. The summed E-state index contributed by atoms with van der Waals surface area (Å²) in [5.74, 6) is -1.96. The molecule has 1 aromatic rings. The predicted molar refractivity (Wildman–Crippen MR) is 74.8 cm³/mol. The van der Waals surface area contributed by atoms with E-state index in [4.69, 9.17) is 5.11 Å². The van der Waals surface area contributed by atoms with Crippen LogP contribution in [0.1, 0.15) is 30.5 Å². The van der Waals surface area contributed by atoms with Gasteiger partial charge < -0.3 is 5.11 Å². The van der Waals surface area contributed by atoms with Crippen LogP contribution < -0.4 is 0 Å². The standard InChI is InChI=1S/C14H20O4S/c1-9(2)13(14(15)16)19(17,18)8-12-6-5-10(3)11(4)7-12/h5-7,9,13H,8H2,1-4H3,(H,15,16). The predicted octanol–water partition coefficient (Wildman–Crippen LogP) is 2.33. The summed E-state index contributed by atoms with van der Waals surface area (Å²) < 4.78 is 24.4. The van der Waals surface area contributed by atoms with Crippen LogP contribution in [0.2, 0.25) is 0 Å². The van der Waals surface area contributed by atoms with E-state index in [1.165, 1.54) is 0 Å². The number of aryl methyl sites for hydroxylation is 2. The molecule has 0 amide bonds. The second kappa shape index (κ2) is 5.74. The number of hydrogen-bond donors (Lipinski definition) is 1. The second-order valence-electron chi connectivity index (χ2n) is 5.23. The van der Waals surface area contributed by atoms with Gasteiger partial charge in [-0.1, -0.05) is 32.0 Å². The van der Waals surface area contributed by atoms with Crippen LogP contribution in [-0.4, -0.2) is 24.7 Å². The van der Waals surface area contributed by atoms with E-state index >= 15 is 0 Å². The molecule has 0 saturated carbocycles. The maximum atomic E-state index is 12.2. The monoisotopic (exact) mass is 284 g/mol. The van der Waals surface area contributed by atoms with Crippen molar-refractivity contribution in [3.63, 3.8) is 0 Å². The van der Waals surface area contributed by atoms with Gasteiger partial charge in [0, 0.05) is 0 Å². The van der Waals surface area contributed by atoms with Crippen molar-refractivity contribution in [1.29, 1.82) is 0 Å². The molecule has 4 nitrogen and oxygen atoms in total. The Morgan fingerprint density at radius 3 is 2.21 bits per heavy atom. The minimum absolute atomic E-state index is 0.233. The Bertz CT molecular complexity index is 573. The average Bonchev–Trinajstić information content (AvgIpc) is 2.21. The van der Waals surface area contributed by atoms with Gasteiger partial charge in [0.15, 0.2) is 15.1 Å². The molecule has 0 aliphatic rings. The van der Waals surface area contributed by atoms with Gasteiger partial charge in [0.1, 0.15) is 0 Å². The molecular weight excluding hydrogens is 264 g/mol. The smallest absolute Gasteiger partial charge is 0.322 e. The van der Waals surface area contributed by atoms with Crippen molar-refractivity contribution in [3.8, 4) is 0 Å². The molecule has 1 unspecified atom stereocenters. The lowest BCUT2D eigenvalue weighted by atomic mass is 10.1. The summed E-state index contributed by atoms with van der Waals surface area (Å²) in [5.41, 5.74) is 2.72. The van der Waals surface area contributed by atoms with Gasteiger partial charge in [-0.25, -0.2) is 8.42 Å². The van der Waals surface area contributed by atoms with E-state index in [2.05, 4.69) is 0 Å². The molecule has 0 saturated heterocycles. The van der Waals surface area contributed by atoms with Crippen molar-refractivity contribution in [3.05, 3.63) is 34.9 Å². The van der Waals surface area contributed by atoms with Crippen molar-refractivity contribution in [2.24, 2.45) is 5.92 Å². The van der Waals surface area contributed by atoms with E-state index in [0.717, 1.165) is 11.1 Å². The number of carboxylic acids is 1. The first-order chi connectivity index (χ1) is 8.65. The maximum Gasteiger partial charge on any atom is 0.322 e. The zero-order valence-corrected chi connectivity index (χ0v) is 12.5. The van der Waals surface area contributed by atoms with Crippen molar-refractivity contribution >= 4 is 15.8 Å². The average molecular weight is 284 g/mol. The third-order valence-electron chi connectivity index (χ3n) is 3.17. The normalized spacial score (nSPS) is 13.5. The molecular formula is C14H20O4S. The topological polar surface area (TPSA) is 71.4 Å². The molecule has 0 aliphatic carbocycles. The van der Waals surface area contributed by atoms with Crippen molar-refractivity contribution in [2.45, 2.75) is 38.7 Å². The second-order valence-corrected chi connectivity index (χ2v) is 7.35. The van der Waals surface area contributed by atoms with Gasteiger partial charge in [-0.3, -0.25) is 4.79 Å². The van der Waals surface area contributed by atoms with Crippen LogP contribution in [0.4, 0.5) is 0 Å². The Morgan fingerprint density at radius 1 is 1.21 bits per heavy atom. The van der Waals surface area contributed by atoms with Crippen molar-refractivity contribution in [2.75, 3.05) is 0 Å². The van der Waals surface area contributed by atoms with E-state index in [-0.39, 0.29) is 5.75 Å². The fourth-order valence-electron chi connectivity index (χ4n) is 2.07. The molecule has 0 fully saturated rings. The van der Waals surface area contributed by atoms with Crippen LogP contribution in [0.3, 0.4) is 0 Å². The zero-order valence-electron chi connectivity index (χ0n) is 11.7. The summed E-state index contributed by atoms with van der Waals surface area (Å²) in [5, 5.41) is 7.72. The first-order valence-electron chi connectivity index (χ1n) is 6.15. The van der Waals surface area contributed by atoms with E-state index < -0.39 is 27.0 Å². The molecule has 1 N–H and O–H groups in total. The van der Waals surface area contributed by atoms with Crippen LogP contribution in [0.25, 0.3) is 0 Å². The molecule has 1 atom stereocenters. The highest BCUT2D eigenvalue weighted by molar-refractivity contribution is 7.92. The first-order valence-corrected chi connectivity index (χ1v) is 7.87. The van der Waals surface area contributed by atoms with Gasteiger partial charge in [-0.2, -0.15) is 0 Å². The van der Waals surface area contributed by atoms with Crippen LogP contribution in [0.5, 0.6) is 0 Å². The summed E-state index contributed by atoms with van der Waals surface area (Å²) in [6, 6.07) is 5.39. The largest absolute Gasteiger partial charge is 0.480 e. The molecule has 0 aromatic heterocycles. The summed E-state index contributed by atoms with van der Waals surface area (Å²) >= 11 is 0. The Balaban J connectivity index is 3.08. The molecule has 0 spiro atoms. The minimum atomic E-state index is -3.70. The highest BCUT2D eigenvalue weighted by atomic mass is 32.2. The SMILES string of the molecule is Cc1ccc(CS(=O)(=O)C(C(=O)O)C(C)C)cc1C. The third kappa shape index (κ3) is 3.80. The van der Waals surface area contributed by atoms with Gasteiger partial charge >= 0.3 is 5.97 Å². The van der Waals surface area contributed by atoms with E-state index in [1.807, 2.05) is 19.9 Å². The van der Waals surface area contributed by atoms with Crippen LogP contribution in [0.15, 0.2) is 18.2 Å². The fourth-order valence-corrected chi connectivity index (χ4v) is 4.03. The zero-order chi connectivity index (χ0) is 14.8. The number of aliphatic carboxylic acids is 1. The molecule has 19 heavy (non-hydrogen) atoms. The third-order valence-corrected chi connectivity index (χ3v) is 5.43. The summed E-state index contributed by atoms with van der Waals surface area (Å²) in [4.78, 5) is 11.1. The Kier molecular flexibility index (Phi) is 4.74. The molecule has 0 aliphatic heterocycles. The molecule has 0 radical (unpaired) electrons. The molecule has 1 rings (SSSR count). The lowest BCUT2D eigenvalue weighted by molar-refractivity contribution is -0.137. The van der Waals surface area contributed by atoms with Gasteiger partial charge in [-0.05, 0) is 36.5 Å². The van der Waals surface area contributed by atoms with Crippen LogP contribution >= 0.6 is 0 Å². The Labute approximate surface area is 114 Å². The molecule has 1 aromatic carbocycles. The molecule has 0 bridgehead atoms. The van der Waals surface area contributed by atoms with Gasteiger partial charge in [-0.15, -0.1) is 0 Å². The number of carbonyl (C=O) groups is 1. The van der Waals surface area contributed by atoms with E-state index in [0.29, 0.717) is 5.56 Å². The van der Waals surface area contributed by atoms with E-state index in [9.17, 15) is 13.2 Å². The van der Waals surface area contributed by atoms with E-state index in [1.54, 1.807) is 26.0 Å². The number of sulfone groups is 1. The Morgan fingerprint density at radius 2 is 1.79 bits per heavy atom. The van der Waals surface area contributed by atoms with Crippen molar-refractivity contribution < 1.29 is 18.3 Å². The number of benzene rings is 1.